The molecule has 27 heavy (non-hydrogen) atoms. The summed E-state index contributed by atoms with van der Waals surface area (Å²) in [5.74, 6) is -1.75. The molecule has 150 valence electrons. The minimum atomic E-state index is -0.860. The van der Waals surface area contributed by atoms with E-state index in [1.54, 1.807) is 7.11 Å². The van der Waals surface area contributed by atoms with Crippen LogP contribution in [0.1, 0.15) is 37.0 Å². The fourth-order valence-corrected chi connectivity index (χ4v) is 3.35. The number of rotatable bonds is 7. The zero-order chi connectivity index (χ0) is 20.0. The number of nitrogens with zero attached hydrogens (tertiary/aromatic N) is 2. The van der Waals surface area contributed by atoms with Crippen molar-refractivity contribution in [3.63, 3.8) is 0 Å². The van der Waals surface area contributed by atoms with Crippen LogP contribution in [0.25, 0.3) is 0 Å². The molecule has 7 heteroatoms. The van der Waals surface area contributed by atoms with Gasteiger partial charge in [0.2, 0.25) is 5.91 Å². The highest BCUT2D eigenvalue weighted by Gasteiger charge is 2.31. The van der Waals surface area contributed by atoms with Crippen molar-refractivity contribution in [3.8, 4) is 0 Å². The maximum Gasteiger partial charge on any atom is 0.256 e. The van der Waals surface area contributed by atoms with Gasteiger partial charge in [0.15, 0.2) is 0 Å². The summed E-state index contributed by atoms with van der Waals surface area (Å²) in [6.07, 6.45) is 1.07. The Hall–Kier alpha value is -2.02. The molecule has 0 spiro atoms. The Bertz CT molecular complexity index is 659. The van der Waals surface area contributed by atoms with Crippen molar-refractivity contribution in [2.45, 2.75) is 26.7 Å². The number of carbonyl (C=O) groups is 2. The van der Waals surface area contributed by atoms with Gasteiger partial charge in [-0.15, -0.1) is 0 Å². The fourth-order valence-electron chi connectivity index (χ4n) is 3.35. The van der Waals surface area contributed by atoms with E-state index in [9.17, 15) is 18.4 Å². The van der Waals surface area contributed by atoms with E-state index in [-0.39, 0.29) is 17.4 Å². The molecule has 0 unspecified atom stereocenters. The summed E-state index contributed by atoms with van der Waals surface area (Å²) in [7, 11) is 1.61. The third-order valence-corrected chi connectivity index (χ3v) is 4.76. The summed E-state index contributed by atoms with van der Waals surface area (Å²) in [4.78, 5) is 28.7. The van der Waals surface area contributed by atoms with Crippen LogP contribution in [0.4, 0.5) is 8.78 Å². The monoisotopic (exact) mass is 382 g/mol. The molecule has 5 nitrogen and oxygen atoms in total. The first-order chi connectivity index (χ1) is 12.8. The van der Waals surface area contributed by atoms with Gasteiger partial charge in [-0.3, -0.25) is 9.59 Å². The van der Waals surface area contributed by atoms with E-state index in [4.69, 9.17) is 4.74 Å². The molecule has 1 aromatic rings. The number of likely N-dealkylation sites (tertiary alicyclic amines) is 1. The molecular formula is C20H28F2N2O3. The summed E-state index contributed by atoms with van der Waals surface area (Å²) >= 11 is 0. The lowest BCUT2D eigenvalue weighted by atomic mass is 9.94. The summed E-state index contributed by atoms with van der Waals surface area (Å²) in [5, 5.41) is 0. The highest BCUT2D eigenvalue weighted by Crippen LogP contribution is 2.22. The number of benzene rings is 1. The highest BCUT2D eigenvalue weighted by molar-refractivity contribution is 5.94. The zero-order valence-corrected chi connectivity index (χ0v) is 16.2. The molecule has 1 aliphatic rings. The number of ether oxygens (including phenoxy) is 1. The standard InChI is InChI=1S/C20H28F2N2O3/c1-14(2)13-24(10-11-27-3)19(25)15-6-8-23(9-7-15)20(26)17-5-4-16(21)12-18(17)22/h4-5,12,14-15H,6-11,13H2,1-3H3. The van der Waals surface area contributed by atoms with Crippen molar-refractivity contribution >= 4 is 11.8 Å². The number of halogens is 2. The van der Waals surface area contributed by atoms with Gasteiger partial charge in [0.25, 0.3) is 5.91 Å². The molecule has 1 aliphatic heterocycles. The Morgan fingerprint density at radius 3 is 2.48 bits per heavy atom. The van der Waals surface area contributed by atoms with Crippen LogP contribution in [0.2, 0.25) is 0 Å². The van der Waals surface area contributed by atoms with E-state index in [0.29, 0.717) is 57.6 Å². The highest BCUT2D eigenvalue weighted by atomic mass is 19.1. The number of hydrogen-bond donors (Lipinski definition) is 0. The first-order valence-electron chi connectivity index (χ1n) is 9.35. The molecule has 0 aromatic heterocycles. The molecular weight excluding hydrogens is 354 g/mol. The minimum absolute atomic E-state index is 0.0841. The van der Waals surface area contributed by atoms with Crippen molar-refractivity contribution in [1.29, 1.82) is 0 Å². The predicted molar refractivity (Wildman–Crippen MR) is 98.3 cm³/mol. The number of amides is 2. The normalized spacial score (nSPS) is 15.3. The van der Waals surface area contributed by atoms with Crippen molar-refractivity contribution in [2.24, 2.45) is 11.8 Å². The van der Waals surface area contributed by atoms with Gasteiger partial charge < -0.3 is 14.5 Å². The quantitative estimate of drug-likeness (QED) is 0.729. The Morgan fingerprint density at radius 1 is 1.26 bits per heavy atom. The molecule has 0 radical (unpaired) electrons. The lowest BCUT2D eigenvalue weighted by Crippen LogP contribution is -2.46. The van der Waals surface area contributed by atoms with Gasteiger partial charge in [-0.25, -0.2) is 8.78 Å². The topological polar surface area (TPSA) is 49.9 Å². The van der Waals surface area contributed by atoms with Crippen LogP contribution in [0, 0.1) is 23.5 Å². The van der Waals surface area contributed by atoms with E-state index in [1.807, 2.05) is 4.90 Å². The fraction of sp³-hybridized carbons (Fsp3) is 0.600. The molecule has 0 saturated carbocycles. The van der Waals surface area contributed by atoms with E-state index in [2.05, 4.69) is 13.8 Å². The van der Waals surface area contributed by atoms with Gasteiger partial charge in [0, 0.05) is 45.3 Å². The van der Waals surface area contributed by atoms with Crippen molar-refractivity contribution < 1.29 is 23.1 Å². The molecule has 2 rings (SSSR count). The maximum atomic E-state index is 13.8. The second-order valence-corrected chi connectivity index (χ2v) is 7.36. The van der Waals surface area contributed by atoms with Crippen LogP contribution >= 0.6 is 0 Å². The number of carbonyl (C=O) groups excluding carboxylic acids is 2. The Morgan fingerprint density at radius 2 is 1.93 bits per heavy atom. The first-order valence-corrected chi connectivity index (χ1v) is 9.35. The SMILES string of the molecule is COCCN(CC(C)C)C(=O)C1CCN(C(=O)c2ccc(F)cc2F)CC1. The lowest BCUT2D eigenvalue weighted by Gasteiger charge is -2.35. The Balaban J connectivity index is 1.96. The number of hydrogen-bond acceptors (Lipinski definition) is 3. The van der Waals surface area contributed by atoms with Crippen molar-refractivity contribution in [1.82, 2.24) is 9.80 Å². The molecule has 1 heterocycles. The van der Waals surface area contributed by atoms with Gasteiger partial charge in [0.1, 0.15) is 11.6 Å². The molecule has 1 saturated heterocycles. The minimum Gasteiger partial charge on any atom is -0.383 e. The van der Waals surface area contributed by atoms with Crippen molar-refractivity contribution in [3.05, 3.63) is 35.4 Å². The summed E-state index contributed by atoms with van der Waals surface area (Å²) in [6.45, 7) is 6.59. The van der Waals surface area contributed by atoms with Crippen molar-refractivity contribution in [2.75, 3.05) is 39.9 Å². The van der Waals surface area contributed by atoms with Crippen LogP contribution in [-0.2, 0) is 9.53 Å². The Labute approximate surface area is 159 Å². The molecule has 2 amide bonds. The first kappa shape index (κ1) is 21.3. The summed E-state index contributed by atoms with van der Waals surface area (Å²) < 4.78 is 32.0. The average Bonchev–Trinajstić information content (AvgIpc) is 2.64. The maximum absolute atomic E-state index is 13.8. The third-order valence-electron chi connectivity index (χ3n) is 4.76. The average molecular weight is 382 g/mol. The molecule has 0 bridgehead atoms. The lowest BCUT2D eigenvalue weighted by molar-refractivity contribution is -0.138. The second-order valence-electron chi connectivity index (χ2n) is 7.36. The van der Waals surface area contributed by atoms with Crippen LogP contribution < -0.4 is 0 Å². The van der Waals surface area contributed by atoms with Crippen LogP contribution in [0.5, 0.6) is 0 Å². The number of methoxy groups -OCH3 is 1. The van der Waals surface area contributed by atoms with Gasteiger partial charge in [-0.05, 0) is 30.9 Å². The smallest absolute Gasteiger partial charge is 0.256 e. The molecule has 1 fully saturated rings. The van der Waals surface area contributed by atoms with E-state index in [1.165, 1.54) is 11.0 Å². The van der Waals surface area contributed by atoms with Gasteiger partial charge >= 0.3 is 0 Å². The summed E-state index contributed by atoms with van der Waals surface area (Å²) in [5.41, 5.74) is -0.136. The Kier molecular flexibility index (Phi) is 7.71. The van der Waals surface area contributed by atoms with E-state index < -0.39 is 17.5 Å². The molecule has 1 aromatic carbocycles. The van der Waals surface area contributed by atoms with Crippen LogP contribution in [-0.4, -0.2) is 61.5 Å². The van der Waals surface area contributed by atoms with E-state index in [0.717, 1.165) is 6.07 Å². The second kappa shape index (κ2) is 9.78. The zero-order valence-electron chi connectivity index (χ0n) is 16.2. The molecule has 0 atom stereocenters. The number of piperidine rings is 1. The van der Waals surface area contributed by atoms with Crippen LogP contribution in [0.3, 0.4) is 0 Å². The summed E-state index contributed by atoms with van der Waals surface area (Å²) in [6, 6.07) is 2.95. The molecule has 0 aliphatic carbocycles. The van der Waals surface area contributed by atoms with Gasteiger partial charge in [-0.2, -0.15) is 0 Å². The van der Waals surface area contributed by atoms with Crippen LogP contribution in [0.15, 0.2) is 18.2 Å². The predicted octanol–water partition coefficient (Wildman–Crippen LogP) is 2.95. The van der Waals surface area contributed by atoms with Gasteiger partial charge in [0.05, 0.1) is 12.2 Å². The van der Waals surface area contributed by atoms with E-state index >= 15 is 0 Å². The van der Waals surface area contributed by atoms with Gasteiger partial charge in [-0.1, -0.05) is 13.8 Å². The third kappa shape index (κ3) is 5.73. The molecule has 0 N–H and O–H groups in total. The largest absolute Gasteiger partial charge is 0.383 e.